The van der Waals surface area contributed by atoms with Gasteiger partial charge in [0, 0.05) is 37.7 Å². The quantitative estimate of drug-likeness (QED) is 0.814. The molecule has 94 valence electrons. The maximum Gasteiger partial charge on any atom is 0.223 e. The van der Waals surface area contributed by atoms with Crippen LogP contribution in [0, 0.1) is 19.8 Å². The zero-order valence-electron chi connectivity index (χ0n) is 10.9. The van der Waals surface area contributed by atoms with Crippen molar-refractivity contribution in [3.05, 3.63) is 17.0 Å². The van der Waals surface area contributed by atoms with Crippen LogP contribution in [0.3, 0.4) is 0 Å². The highest BCUT2D eigenvalue weighted by atomic mass is 16.2. The first kappa shape index (κ1) is 12.1. The van der Waals surface area contributed by atoms with Crippen molar-refractivity contribution < 1.29 is 4.79 Å². The fraction of sp³-hybridized carbons (Fsp3) is 0.667. The van der Waals surface area contributed by atoms with Crippen molar-refractivity contribution in [1.82, 2.24) is 14.7 Å². The summed E-state index contributed by atoms with van der Waals surface area (Å²) in [6.45, 7) is 4.57. The summed E-state index contributed by atoms with van der Waals surface area (Å²) in [5, 5.41) is 4.42. The molecule has 0 radical (unpaired) electrons. The third-order valence-electron chi connectivity index (χ3n) is 3.86. The molecule has 1 aromatic heterocycles. The first-order valence-corrected chi connectivity index (χ1v) is 5.93. The maximum atomic E-state index is 11.8. The summed E-state index contributed by atoms with van der Waals surface area (Å²) in [4.78, 5) is 13.6. The Morgan fingerprint density at radius 2 is 2.06 bits per heavy atom. The standard InChI is InChI=1S/C12H20N4O/c1-7-11(8(2)16(4)14-7)12-9(6-13)5-10(17)15(12)3/h9,12H,5-6,13H2,1-4H3/t9-,12+/m0/s1. The minimum atomic E-state index is 0.0844. The molecule has 5 nitrogen and oxygen atoms in total. The minimum Gasteiger partial charge on any atom is -0.338 e. The Labute approximate surface area is 102 Å². The number of nitrogens with zero attached hydrogens (tertiary/aromatic N) is 3. The second kappa shape index (κ2) is 4.14. The number of hydrogen-bond acceptors (Lipinski definition) is 3. The van der Waals surface area contributed by atoms with Crippen molar-refractivity contribution in [2.45, 2.75) is 26.3 Å². The lowest BCUT2D eigenvalue weighted by Crippen LogP contribution is -2.27. The topological polar surface area (TPSA) is 64.2 Å². The third-order valence-corrected chi connectivity index (χ3v) is 3.86. The normalized spacial score (nSPS) is 24.8. The number of amides is 1. The number of hydrogen-bond donors (Lipinski definition) is 1. The van der Waals surface area contributed by atoms with Crippen LogP contribution in [0.1, 0.15) is 29.4 Å². The zero-order valence-corrected chi connectivity index (χ0v) is 10.9. The average Bonchev–Trinajstić information content (AvgIpc) is 2.69. The molecule has 2 N–H and O–H groups in total. The fourth-order valence-corrected chi connectivity index (χ4v) is 2.81. The zero-order chi connectivity index (χ0) is 12.7. The molecule has 17 heavy (non-hydrogen) atoms. The van der Waals surface area contributed by atoms with E-state index < -0.39 is 0 Å². The van der Waals surface area contributed by atoms with Gasteiger partial charge in [0.2, 0.25) is 5.91 Å². The Hall–Kier alpha value is -1.36. The van der Waals surface area contributed by atoms with E-state index in [9.17, 15) is 4.79 Å². The van der Waals surface area contributed by atoms with E-state index in [4.69, 9.17) is 5.73 Å². The van der Waals surface area contributed by atoms with Crippen molar-refractivity contribution in [3.8, 4) is 0 Å². The lowest BCUT2D eigenvalue weighted by atomic mass is 9.92. The Morgan fingerprint density at radius 3 is 2.53 bits per heavy atom. The van der Waals surface area contributed by atoms with Crippen LogP contribution in [0.15, 0.2) is 0 Å². The molecule has 1 saturated heterocycles. The van der Waals surface area contributed by atoms with Gasteiger partial charge in [-0.1, -0.05) is 0 Å². The molecule has 5 heteroatoms. The van der Waals surface area contributed by atoms with Crippen LogP contribution in [-0.4, -0.2) is 34.2 Å². The van der Waals surface area contributed by atoms with Gasteiger partial charge in [-0.15, -0.1) is 0 Å². The Bertz CT molecular complexity index is 452. The molecule has 1 amide bonds. The highest BCUT2D eigenvalue weighted by molar-refractivity contribution is 5.79. The second-order valence-electron chi connectivity index (χ2n) is 4.86. The largest absolute Gasteiger partial charge is 0.338 e. The molecule has 1 aromatic rings. The van der Waals surface area contributed by atoms with E-state index in [1.165, 1.54) is 0 Å². The van der Waals surface area contributed by atoms with Gasteiger partial charge in [-0.3, -0.25) is 9.48 Å². The van der Waals surface area contributed by atoms with Gasteiger partial charge in [-0.2, -0.15) is 5.10 Å². The first-order valence-electron chi connectivity index (χ1n) is 5.93. The molecule has 1 fully saturated rings. The van der Waals surface area contributed by atoms with E-state index in [1.54, 1.807) is 0 Å². The molecular weight excluding hydrogens is 216 g/mol. The second-order valence-corrected chi connectivity index (χ2v) is 4.86. The Balaban J connectivity index is 2.47. The molecule has 0 aliphatic carbocycles. The van der Waals surface area contributed by atoms with Gasteiger partial charge in [0.1, 0.15) is 0 Å². The van der Waals surface area contributed by atoms with Gasteiger partial charge in [-0.05, 0) is 20.4 Å². The third kappa shape index (κ3) is 1.74. The maximum absolute atomic E-state index is 11.8. The van der Waals surface area contributed by atoms with E-state index in [0.29, 0.717) is 13.0 Å². The molecule has 0 unspecified atom stereocenters. The van der Waals surface area contributed by atoms with Gasteiger partial charge >= 0.3 is 0 Å². The van der Waals surface area contributed by atoms with Crippen LogP contribution >= 0.6 is 0 Å². The van der Waals surface area contributed by atoms with Crippen molar-refractivity contribution in [2.75, 3.05) is 13.6 Å². The van der Waals surface area contributed by atoms with Crippen molar-refractivity contribution in [3.63, 3.8) is 0 Å². The van der Waals surface area contributed by atoms with E-state index in [0.717, 1.165) is 17.0 Å². The van der Waals surface area contributed by atoms with Crippen LogP contribution < -0.4 is 5.73 Å². The molecule has 0 aromatic carbocycles. The van der Waals surface area contributed by atoms with Crippen LogP contribution in [-0.2, 0) is 11.8 Å². The molecule has 2 heterocycles. The summed E-state index contributed by atoms with van der Waals surface area (Å²) in [5.74, 6) is 0.377. The summed E-state index contributed by atoms with van der Waals surface area (Å²) in [6.07, 6.45) is 0.547. The van der Waals surface area contributed by atoms with Gasteiger partial charge in [0.05, 0.1) is 11.7 Å². The molecule has 0 saturated carbocycles. The summed E-state index contributed by atoms with van der Waals surface area (Å²) in [6, 6.07) is 0.0844. The minimum absolute atomic E-state index is 0.0844. The Kier molecular flexibility index (Phi) is 2.95. The number of nitrogens with two attached hydrogens (primary N) is 1. The van der Waals surface area contributed by atoms with Crippen molar-refractivity contribution in [1.29, 1.82) is 0 Å². The molecular formula is C12H20N4O. The van der Waals surface area contributed by atoms with Crippen LogP contribution in [0.5, 0.6) is 0 Å². The number of aryl methyl sites for hydroxylation is 2. The highest BCUT2D eigenvalue weighted by Gasteiger charge is 2.40. The molecule has 0 bridgehead atoms. The van der Waals surface area contributed by atoms with Gasteiger partial charge < -0.3 is 10.6 Å². The van der Waals surface area contributed by atoms with Crippen molar-refractivity contribution >= 4 is 5.91 Å². The smallest absolute Gasteiger partial charge is 0.223 e. The number of carbonyl (C=O) groups excluding carboxylic acids is 1. The summed E-state index contributed by atoms with van der Waals surface area (Å²) in [5.41, 5.74) is 9.06. The summed E-state index contributed by atoms with van der Waals surface area (Å²) in [7, 11) is 3.79. The van der Waals surface area contributed by atoms with E-state index in [-0.39, 0.29) is 17.9 Å². The number of carbonyl (C=O) groups is 1. The summed E-state index contributed by atoms with van der Waals surface area (Å²) >= 11 is 0. The molecule has 0 spiro atoms. The highest BCUT2D eigenvalue weighted by Crippen LogP contribution is 2.38. The predicted molar refractivity (Wildman–Crippen MR) is 65.4 cm³/mol. The van der Waals surface area contributed by atoms with E-state index in [1.807, 2.05) is 37.5 Å². The van der Waals surface area contributed by atoms with E-state index >= 15 is 0 Å². The molecule has 1 aliphatic rings. The van der Waals surface area contributed by atoms with Gasteiger partial charge in [0.15, 0.2) is 0 Å². The lowest BCUT2D eigenvalue weighted by molar-refractivity contribution is -0.127. The Morgan fingerprint density at radius 1 is 1.41 bits per heavy atom. The van der Waals surface area contributed by atoms with Crippen LogP contribution in [0.25, 0.3) is 0 Å². The SMILES string of the molecule is Cc1nn(C)c(C)c1[C@H]1[C@H](CN)CC(=O)N1C. The number of rotatable bonds is 2. The van der Waals surface area contributed by atoms with Gasteiger partial charge in [-0.25, -0.2) is 0 Å². The molecule has 2 atom stereocenters. The van der Waals surface area contributed by atoms with Gasteiger partial charge in [0.25, 0.3) is 0 Å². The average molecular weight is 236 g/mol. The lowest BCUT2D eigenvalue weighted by Gasteiger charge is -2.25. The van der Waals surface area contributed by atoms with Crippen molar-refractivity contribution in [2.24, 2.45) is 18.7 Å². The predicted octanol–water partition coefficient (Wildman–Crippen LogP) is 0.515. The summed E-state index contributed by atoms with van der Waals surface area (Å²) < 4.78 is 1.87. The molecule has 1 aliphatic heterocycles. The number of likely N-dealkylation sites (tertiary alicyclic amines) is 1. The number of aromatic nitrogens is 2. The fourth-order valence-electron chi connectivity index (χ4n) is 2.81. The van der Waals surface area contributed by atoms with E-state index in [2.05, 4.69) is 5.10 Å². The monoisotopic (exact) mass is 236 g/mol. The van der Waals surface area contributed by atoms with Crippen LogP contribution in [0.2, 0.25) is 0 Å². The first-order chi connectivity index (χ1) is 7.97. The molecule has 2 rings (SSSR count). The van der Waals surface area contributed by atoms with Crippen LogP contribution in [0.4, 0.5) is 0 Å².